The Hall–Kier alpha value is -7.19. The molecular formula is C70H96B2ClFN6Na2O22. The maximum absolute atomic E-state index is 11.7. The third-order valence-electron chi connectivity index (χ3n) is 12.4. The summed E-state index contributed by atoms with van der Waals surface area (Å²) in [6.07, 6.45) is -7.10. The summed E-state index contributed by atoms with van der Waals surface area (Å²) in [5, 5.41) is 84.9. The second kappa shape index (κ2) is 59.0. The summed E-state index contributed by atoms with van der Waals surface area (Å²) in [4.78, 5) is 97.4. The van der Waals surface area contributed by atoms with E-state index in [1.165, 1.54) is 14.2 Å². The number of esters is 2. The summed E-state index contributed by atoms with van der Waals surface area (Å²) >= 11 is 0. The topological polar surface area (TPSA) is 468 Å². The number of nitrogens with one attached hydrogen (secondary N) is 3. The number of alkyl carbamates (subject to hydrolysis) is 1. The van der Waals surface area contributed by atoms with Gasteiger partial charge in [-0.15, -0.1) is 12.4 Å². The molecule has 0 aliphatic heterocycles. The van der Waals surface area contributed by atoms with Gasteiger partial charge in [0.05, 0.1) is 59.2 Å². The first-order chi connectivity index (χ1) is 47.8. The molecule has 1 amide bonds. The number of halogens is 2. The summed E-state index contributed by atoms with van der Waals surface area (Å²) in [5.41, 5.74) is 13.7. The number of carboxylic acid groups (broad SMARTS) is 2. The molecule has 2 radical (unpaired) electrons. The third-order valence-corrected chi connectivity index (χ3v) is 12.4. The fourth-order valence-electron chi connectivity index (χ4n) is 7.77. The first-order valence-electron chi connectivity index (χ1n) is 31.7. The van der Waals surface area contributed by atoms with E-state index in [2.05, 4.69) is 30.0 Å². The number of benzene rings is 5. The van der Waals surface area contributed by atoms with Crippen LogP contribution in [0.5, 0.6) is 0 Å². The van der Waals surface area contributed by atoms with E-state index in [0.29, 0.717) is 38.1 Å². The van der Waals surface area contributed by atoms with Crippen LogP contribution in [0.2, 0.25) is 0 Å². The summed E-state index contributed by atoms with van der Waals surface area (Å²) in [6, 6.07) is 44.5. The SMILES string of the molecule is CC(C)(C)OC(=O)NC(Cc1ccccc1)C(O)C#N.CC(C)(C)OC(=O)OC(=O)OC(C)(C)C.COC(=O)C(O)C(Cc1ccccc1)N[B]C=O.COC(=O)C(O)C(N)Cc1ccccc1.Cl.NC(Cc1ccccc1)C(O)C(=O)[O-].O=C[B]NC(Cc1ccccc1)C(O)C(=O)[O-].[2H]CF.[Na+].[Na+]. The van der Waals surface area contributed by atoms with Gasteiger partial charge in [-0.05, 0) is 122 Å². The molecule has 0 bridgehead atoms. The molecule has 104 heavy (non-hydrogen) atoms. The number of rotatable bonds is 26. The molecule has 5 rings (SSSR count). The van der Waals surface area contributed by atoms with Crippen LogP contribution >= 0.6 is 12.4 Å². The molecule has 0 saturated heterocycles. The number of aliphatic hydroxyl groups excluding tert-OH is 5. The van der Waals surface area contributed by atoms with Gasteiger partial charge < -0.3 is 111 Å². The smallest absolute Gasteiger partial charge is 0.547 e. The summed E-state index contributed by atoms with van der Waals surface area (Å²) in [7, 11) is 3.63. The number of carbonyl (C=O) groups excluding carboxylic acids is 9. The fourth-order valence-corrected chi connectivity index (χ4v) is 7.77. The molecule has 5 aromatic rings. The molecule has 0 heterocycles. The third kappa shape index (κ3) is 52.7. The first kappa shape index (κ1) is 103. The molecule has 0 aliphatic rings. The van der Waals surface area contributed by atoms with Crippen molar-refractivity contribution in [2.75, 3.05) is 21.4 Å². The number of alkyl halides is 1. The van der Waals surface area contributed by atoms with Gasteiger partial charge in [-0.2, -0.15) is 5.26 Å². The number of amides is 1. The van der Waals surface area contributed by atoms with Gasteiger partial charge in [0.25, 0.3) is 14.8 Å². The Labute approximate surface area is 660 Å². The Kier molecular flexibility index (Phi) is 58.5. The molecule has 10 unspecified atom stereocenters. The summed E-state index contributed by atoms with van der Waals surface area (Å²) < 4.78 is 43.3. The summed E-state index contributed by atoms with van der Waals surface area (Å²) in [6.45, 7) is 15.3. The van der Waals surface area contributed by atoms with Gasteiger partial charge >= 0.3 is 89.5 Å². The second-order valence-corrected chi connectivity index (χ2v) is 24.2. The van der Waals surface area contributed by atoms with Crippen molar-refractivity contribution in [3.63, 3.8) is 0 Å². The van der Waals surface area contributed by atoms with E-state index < -0.39 is 127 Å². The van der Waals surface area contributed by atoms with Crippen molar-refractivity contribution in [2.45, 2.75) is 172 Å². The molecule has 10 atom stereocenters. The number of nitrogens with two attached hydrogens (primary N) is 2. The Balaban J connectivity index is -0.000000377. The van der Waals surface area contributed by atoms with Crippen LogP contribution < -0.4 is 96.6 Å². The van der Waals surface area contributed by atoms with E-state index in [1.807, 2.05) is 127 Å². The normalized spacial score (nSPS) is 13.2. The Morgan fingerprint density at radius 1 is 0.510 bits per heavy atom. The van der Waals surface area contributed by atoms with Crippen molar-refractivity contribution >= 4 is 81.9 Å². The monoisotopic (exact) mass is 1500 g/mol. The molecule has 560 valence electrons. The van der Waals surface area contributed by atoms with Gasteiger partial charge in [0.15, 0.2) is 18.3 Å². The van der Waals surface area contributed by atoms with E-state index in [4.69, 9.17) is 37.4 Å². The van der Waals surface area contributed by atoms with Crippen LogP contribution in [0.4, 0.5) is 18.8 Å². The predicted molar refractivity (Wildman–Crippen MR) is 376 cm³/mol. The van der Waals surface area contributed by atoms with Gasteiger partial charge in [-0.25, -0.2) is 24.0 Å². The van der Waals surface area contributed by atoms with Crippen LogP contribution in [0.1, 0.15) is 91.5 Å². The first-order valence-corrected chi connectivity index (χ1v) is 30.9. The largest absolute Gasteiger partial charge is 1.00 e. The van der Waals surface area contributed by atoms with E-state index in [9.17, 15) is 78.2 Å². The zero-order valence-corrected chi connectivity index (χ0v) is 65.6. The fraction of sp³-hybridized carbons (Fsp3) is 0.429. The van der Waals surface area contributed by atoms with Gasteiger partial charge in [0, 0.05) is 24.2 Å². The molecule has 0 spiro atoms. The molecule has 34 heteroatoms. The summed E-state index contributed by atoms with van der Waals surface area (Å²) in [5.74, 6) is -4.53. The maximum Gasteiger partial charge on any atom is 1.00 e. The van der Waals surface area contributed by atoms with Crippen LogP contribution in [-0.2, 0) is 89.3 Å². The minimum absolute atomic E-state index is 0. The van der Waals surface area contributed by atoms with Gasteiger partial charge in [-0.3, -0.25) is 4.39 Å². The number of methoxy groups -OCH3 is 2. The van der Waals surface area contributed by atoms with Crippen LogP contribution in [0, 0.1) is 11.3 Å². The van der Waals surface area contributed by atoms with Crippen molar-refractivity contribution in [1.29, 1.82) is 5.26 Å². The van der Waals surface area contributed by atoms with E-state index in [1.54, 1.807) is 92.6 Å². The molecule has 28 nitrogen and oxygen atoms in total. The zero-order chi connectivity index (χ0) is 78.0. The minimum Gasteiger partial charge on any atom is -0.547 e. The van der Waals surface area contributed by atoms with Crippen LogP contribution in [0.3, 0.4) is 0 Å². The number of hydrogen-bond acceptors (Lipinski definition) is 27. The number of ether oxygens (including phenoxy) is 6. The molecule has 0 aliphatic carbocycles. The molecule has 0 fully saturated rings. The van der Waals surface area contributed by atoms with Crippen LogP contribution in [0.15, 0.2) is 152 Å². The van der Waals surface area contributed by atoms with E-state index in [-0.39, 0.29) is 77.9 Å². The van der Waals surface area contributed by atoms with Crippen LogP contribution in [0.25, 0.3) is 0 Å². The number of nitriles is 1. The molecule has 0 saturated carbocycles. The number of carboxylic acids is 2. The van der Waals surface area contributed by atoms with Gasteiger partial charge in [0.1, 0.15) is 29.0 Å². The Bertz CT molecular complexity index is 3210. The van der Waals surface area contributed by atoms with Crippen molar-refractivity contribution in [2.24, 2.45) is 11.5 Å². The molecule has 5 aromatic carbocycles. The van der Waals surface area contributed by atoms with Crippen LogP contribution in [-0.4, -0.2) is 194 Å². The van der Waals surface area contributed by atoms with Gasteiger partial charge in [0.2, 0.25) is 0 Å². The second-order valence-electron chi connectivity index (χ2n) is 24.2. The predicted octanol–water partition coefficient (Wildman–Crippen LogP) is -3.71. The van der Waals surface area contributed by atoms with Crippen molar-refractivity contribution in [1.82, 2.24) is 15.8 Å². The minimum atomic E-state index is -1.67. The van der Waals surface area contributed by atoms with E-state index in [0.717, 1.165) is 42.6 Å². The molecule has 12 N–H and O–H groups in total. The number of aliphatic hydroxyl groups is 5. The van der Waals surface area contributed by atoms with Crippen molar-refractivity contribution in [3.05, 3.63) is 179 Å². The van der Waals surface area contributed by atoms with E-state index >= 15 is 0 Å². The quantitative estimate of drug-likeness (QED) is 0.00636. The standard InChI is InChI=1S/C15H20N2O3.C12H15BNO4.C11H13BNO4.C11H15NO3.C10H13NO3.C10H18O5.CH3F.ClH.2Na/c1-15(2,3)20-14(19)17-12(13(18)10-16)9-11-7-5-4-6-8-11;1-18-12(17)11(16)10(14-13-8-15)7-9-5-3-2-4-6-9;14-7-12-13-9(10(15)11(16)17)6-8-4-2-1-3-5-8;1-15-11(14)10(13)9(12)7-8-5-3-2-4-6-8;11-8(9(12)10(13)14)6-7-4-2-1-3-5-7;1-9(2,3)14-7(11)13-8(12)15-10(4,5)6;1-2;;;/h4-8,12-13,18H,9H2,1-3H3,(H,17,19);2-6,8,10-11,14,16H,7H2,1H3;1-5,7,9-10,13,15H,6H2,(H,16,17);2-6,9-10,13H,7,12H2,1H3;1-5,8-9,12H,6,11H2,(H,13,14);1-6H3;1H3;1H;;/q;;;;;;;;2*+1/p-2/i;;;;;;1D;;;. The van der Waals surface area contributed by atoms with Gasteiger partial charge in [-0.1, -0.05) is 152 Å². The van der Waals surface area contributed by atoms with Crippen molar-refractivity contribution < 1.29 is 172 Å². The number of carbonyl (C=O) groups is 9. The Morgan fingerprint density at radius 3 is 1.05 bits per heavy atom. The molecular weight excluding hydrogens is 1400 g/mol. The van der Waals surface area contributed by atoms with Crippen molar-refractivity contribution in [3.8, 4) is 6.07 Å². The number of hydrogen-bond donors (Lipinski definition) is 10. The zero-order valence-electron chi connectivity index (χ0n) is 61.8. The Morgan fingerprint density at radius 2 is 0.779 bits per heavy atom. The molecule has 0 aromatic heterocycles. The average Bonchev–Trinajstić information content (AvgIpc) is 0.892. The average molecular weight is 1500 g/mol. The number of aliphatic carboxylic acids is 2. The number of nitrogens with zero attached hydrogens (tertiary/aromatic N) is 1. The maximum atomic E-state index is 11.7.